The SMILES string of the molecule is CC(C(=O)NC(CO)C(=O)N1CCN(c2ccccc2)CC1)c1ccccc1. The number of nitrogens with zero attached hydrogens (tertiary/aromatic N) is 2. The Morgan fingerprint density at radius 2 is 1.54 bits per heavy atom. The summed E-state index contributed by atoms with van der Waals surface area (Å²) < 4.78 is 0. The van der Waals surface area contributed by atoms with E-state index in [1.165, 1.54) is 0 Å². The molecule has 2 aromatic carbocycles. The van der Waals surface area contributed by atoms with Gasteiger partial charge in [0.1, 0.15) is 6.04 Å². The van der Waals surface area contributed by atoms with Crippen molar-refractivity contribution in [1.82, 2.24) is 10.2 Å². The molecule has 148 valence electrons. The molecule has 1 saturated heterocycles. The van der Waals surface area contributed by atoms with Crippen LogP contribution in [0.25, 0.3) is 0 Å². The average Bonchev–Trinajstić information content (AvgIpc) is 2.77. The van der Waals surface area contributed by atoms with E-state index in [1.54, 1.807) is 11.8 Å². The maximum Gasteiger partial charge on any atom is 0.247 e. The van der Waals surface area contributed by atoms with Gasteiger partial charge in [-0.05, 0) is 24.6 Å². The van der Waals surface area contributed by atoms with Gasteiger partial charge in [0.05, 0.1) is 12.5 Å². The summed E-state index contributed by atoms with van der Waals surface area (Å²) in [6, 6.07) is 18.6. The van der Waals surface area contributed by atoms with Gasteiger partial charge in [0.15, 0.2) is 0 Å². The first-order valence-corrected chi connectivity index (χ1v) is 9.65. The molecule has 6 heteroatoms. The molecule has 1 fully saturated rings. The van der Waals surface area contributed by atoms with Crippen LogP contribution in [0.1, 0.15) is 18.4 Å². The molecular weight excluding hydrogens is 354 g/mol. The second kappa shape index (κ2) is 9.37. The quantitative estimate of drug-likeness (QED) is 0.798. The number of hydrogen-bond acceptors (Lipinski definition) is 4. The zero-order valence-corrected chi connectivity index (χ0v) is 16.1. The monoisotopic (exact) mass is 381 g/mol. The number of aliphatic hydroxyl groups excluding tert-OH is 1. The van der Waals surface area contributed by atoms with Gasteiger partial charge in [-0.25, -0.2) is 0 Å². The van der Waals surface area contributed by atoms with Crippen LogP contribution < -0.4 is 10.2 Å². The molecule has 0 bridgehead atoms. The molecule has 0 radical (unpaired) electrons. The zero-order chi connectivity index (χ0) is 19.9. The number of hydrogen-bond donors (Lipinski definition) is 2. The Bertz CT molecular complexity index is 774. The summed E-state index contributed by atoms with van der Waals surface area (Å²) in [4.78, 5) is 29.3. The molecule has 2 N–H and O–H groups in total. The topological polar surface area (TPSA) is 72.9 Å². The average molecular weight is 381 g/mol. The number of para-hydroxylation sites is 1. The summed E-state index contributed by atoms with van der Waals surface area (Å²) in [7, 11) is 0. The predicted molar refractivity (Wildman–Crippen MR) is 109 cm³/mol. The molecule has 2 amide bonds. The first-order chi connectivity index (χ1) is 13.6. The van der Waals surface area contributed by atoms with Crippen LogP contribution in [-0.2, 0) is 9.59 Å². The van der Waals surface area contributed by atoms with Gasteiger partial charge in [0.2, 0.25) is 11.8 Å². The lowest BCUT2D eigenvalue weighted by Crippen LogP contribution is -2.56. The van der Waals surface area contributed by atoms with Gasteiger partial charge >= 0.3 is 0 Å². The van der Waals surface area contributed by atoms with E-state index in [-0.39, 0.29) is 11.8 Å². The highest BCUT2D eigenvalue weighted by molar-refractivity contribution is 5.90. The van der Waals surface area contributed by atoms with Gasteiger partial charge in [0, 0.05) is 31.9 Å². The van der Waals surface area contributed by atoms with Crippen LogP contribution in [0.5, 0.6) is 0 Å². The Morgan fingerprint density at radius 1 is 0.964 bits per heavy atom. The number of piperazine rings is 1. The van der Waals surface area contributed by atoms with Crippen molar-refractivity contribution in [2.45, 2.75) is 18.9 Å². The van der Waals surface area contributed by atoms with Crippen LogP contribution in [0.4, 0.5) is 5.69 Å². The summed E-state index contributed by atoms with van der Waals surface area (Å²) in [6.07, 6.45) is 0. The van der Waals surface area contributed by atoms with Gasteiger partial charge in [0.25, 0.3) is 0 Å². The summed E-state index contributed by atoms with van der Waals surface area (Å²) in [5, 5.41) is 12.4. The Balaban J connectivity index is 1.56. The molecule has 1 aliphatic rings. The normalized spacial score (nSPS) is 16.4. The smallest absolute Gasteiger partial charge is 0.247 e. The number of rotatable bonds is 6. The third-order valence-electron chi connectivity index (χ3n) is 5.20. The number of carbonyl (C=O) groups is 2. The molecule has 1 aliphatic heterocycles. The predicted octanol–water partition coefficient (Wildman–Crippen LogP) is 1.62. The Labute approximate surface area is 165 Å². The first-order valence-electron chi connectivity index (χ1n) is 9.65. The van der Waals surface area contributed by atoms with Gasteiger partial charge in [-0.2, -0.15) is 0 Å². The van der Waals surface area contributed by atoms with E-state index in [0.29, 0.717) is 13.1 Å². The highest BCUT2D eigenvalue weighted by Crippen LogP contribution is 2.17. The van der Waals surface area contributed by atoms with E-state index in [2.05, 4.69) is 22.3 Å². The van der Waals surface area contributed by atoms with Gasteiger partial charge in [-0.3, -0.25) is 9.59 Å². The Kier molecular flexibility index (Phi) is 6.66. The molecule has 0 spiro atoms. The first kappa shape index (κ1) is 19.9. The van der Waals surface area contributed by atoms with E-state index in [9.17, 15) is 14.7 Å². The molecule has 2 unspecified atom stereocenters. The fourth-order valence-electron chi connectivity index (χ4n) is 3.42. The number of benzene rings is 2. The minimum Gasteiger partial charge on any atom is -0.394 e. The number of aliphatic hydroxyl groups is 1. The fourth-order valence-corrected chi connectivity index (χ4v) is 3.42. The molecule has 6 nitrogen and oxygen atoms in total. The van der Waals surface area contributed by atoms with Crippen molar-refractivity contribution in [2.75, 3.05) is 37.7 Å². The maximum absolute atomic E-state index is 12.8. The molecular formula is C22H27N3O3. The van der Waals surface area contributed by atoms with Gasteiger partial charge in [-0.1, -0.05) is 48.5 Å². The second-order valence-corrected chi connectivity index (χ2v) is 7.02. The largest absolute Gasteiger partial charge is 0.394 e. The summed E-state index contributed by atoms with van der Waals surface area (Å²) in [5.74, 6) is -0.886. The lowest BCUT2D eigenvalue weighted by molar-refractivity contribution is -0.138. The molecule has 0 saturated carbocycles. The van der Waals surface area contributed by atoms with Crippen LogP contribution in [0.3, 0.4) is 0 Å². The lowest BCUT2D eigenvalue weighted by Gasteiger charge is -2.37. The Hall–Kier alpha value is -2.86. The molecule has 3 rings (SSSR count). The molecule has 2 atom stereocenters. The van der Waals surface area contributed by atoms with Crippen molar-refractivity contribution in [3.63, 3.8) is 0 Å². The summed E-state index contributed by atoms with van der Waals surface area (Å²) >= 11 is 0. The standard InChI is InChI=1S/C22H27N3O3/c1-17(18-8-4-2-5-9-18)21(27)23-20(16-26)22(28)25-14-12-24(13-15-25)19-10-6-3-7-11-19/h2-11,17,20,26H,12-16H2,1H3,(H,23,27). The molecule has 28 heavy (non-hydrogen) atoms. The van der Waals surface area contributed by atoms with Crippen LogP contribution >= 0.6 is 0 Å². The van der Waals surface area contributed by atoms with Crippen molar-refractivity contribution in [2.24, 2.45) is 0 Å². The Morgan fingerprint density at radius 3 is 2.11 bits per heavy atom. The van der Waals surface area contributed by atoms with Crippen LogP contribution in [0.15, 0.2) is 60.7 Å². The van der Waals surface area contributed by atoms with E-state index in [0.717, 1.165) is 24.3 Å². The van der Waals surface area contributed by atoms with Gasteiger partial charge < -0.3 is 20.2 Å². The van der Waals surface area contributed by atoms with Crippen LogP contribution in [0.2, 0.25) is 0 Å². The molecule has 1 heterocycles. The number of amides is 2. The van der Waals surface area contributed by atoms with Crippen molar-refractivity contribution in [3.8, 4) is 0 Å². The van der Waals surface area contributed by atoms with Crippen molar-refractivity contribution < 1.29 is 14.7 Å². The number of nitrogens with one attached hydrogen (secondary N) is 1. The minimum atomic E-state index is -0.915. The molecule has 2 aromatic rings. The van der Waals surface area contributed by atoms with Crippen molar-refractivity contribution >= 4 is 17.5 Å². The van der Waals surface area contributed by atoms with Crippen LogP contribution in [-0.4, -0.2) is 60.6 Å². The van der Waals surface area contributed by atoms with E-state index in [1.807, 2.05) is 48.5 Å². The zero-order valence-electron chi connectivity index (χ0n) is 16.1. The molecule has 0 aromatic heterocycles. The van der Waals surface area contributed by atoms with E-state index >= 15 is 0 Å². The maximum atomic E-state index is 12.8. The second-order valence-electron chi connectivity index (χ2n) is 7.02. The van der Waals surface area contributed by atoms with Crippen molar-refractivity contribution in [3.05, 3.63) is 66.2 Å². The summed E-state index contributed by atoms with van der Waals surface area (Å²) in [5.41, 5.74) is 2.01. The van der Waals surface area contributed by atoms with Crippen LogP contribution in [0, 0.1) is 0 Å². The van der Waals surface area contributed by atoms with Crippen molar-refractivity contribution in [1.29, 1.82) is 0 Å². The number of anilines is 1. The highest BCUT2D eigenvalue weighted by Gasteiger charge is 2.29. The third-order valence-corrected chi connectivity index (χ3v) is 5.20. The van der Waals surface area contributed by atoms with Gasteiger partial charge in [-0.15, -0.1) is 0 Å². The minimum absolute atomic E-state index is 0.233. The molecule has 0 aliphatic carbocycles. The third kappa shape index (κ3) is 4.70. The lowest BCUT2D eigenvalue weighted by atomic mass is 10.00. The van der Waals surface area contributed by atoms with E-state index < -0.39 is 18.6 Å². The fraction of sp³-hybridized carbons (Fsp3) is 0.364. The number of carbonyl (C=O) groups excluding carboxylic acids is 2. The summed E-state index contributed by atoms with van der Waals surface area (Å²) in [6.45, 7) is 3.96. The van der Waals surface area contributed by atoms with E-state index in [4.69, 9.17) is 0 Å². The highest BCUT2D eigenvalue weighted by atomic mass is 16.3.